The van der Waals surface area contributed by atoms with Crippen LogP contribution in [0.2, 0.25) is 0 Å². The number of hydrogen-bond acceptors (Lipinski definition) is 2. The summed E-state index contributed by atoms with van der Waals surface area (Å²) in [5.41, 5.74) is 6.79. The van der Waals surface area contributed by atoms with Gasteiger partial charge in [0.15, 0.2) is 0 Å². The molecule has 0 aromatic carbocycles. The Hall–Kier alpha value is -2.09. The van der Waals surface area contributed by atoms with Crippen molar-refractivity contribution in [3.63, 3.8) is 0 Å². The summed E-state index contributed by atoms with van der Waals surface area (Å²) in [7, 11) is 0. The van der Waals surface area contributed by atoms with Crippen LogP contribution in [0.5, 0.6) is 0 Å². The van der Waals surface area contributed by atoms with E-state index in [1.165, 1.54) is 112 Å². The highest BCUT2D eigenvalue weighted by Gasteiger charge is 2.26. The Labute approximate surface area is 255 Å². The Bertz CT molecular complexity index is 919. The summed E-state index contributed by atoms with van der Waals surface area (Å²) in [4.78, 5) is 12.1. The fraction of sp³-hybridized carbons (Fsp3) is 0.667. The minimum Gasteiger partial charge on any atom is -0.461 e. The normalized spacial score (nSPS) is 16.8. The first-order valence-electron chi connectivity index (χ1n) is 16.9. The van der Waals surface area contributed by atoms with Crippen molar-refractivity contribution in [1.82, 2.24) is 0 Å². The average Bonchev–Trinajstić information content (AvgIpc) is 2.92. The third-order valence-electron chi connectivity index (χ3n) is 8.35. The first kappa shape index (κ1) is 36.9. The highest BCUT2D eigenvalue weighted by atomic mass is 16.5. The number of unbranched alkanes of at least 4 members (excludes halogenated alkanes) is 12. The number of carbonyl (C=O) groups excluding carboxylic acids is 1. The van der Waals surface area contributed by atoms with Gasteiger partial charge in [-0.15, -0.1) is 0 Å². The van der Waals surface area contributed by atoms with E-state index in [-0.39, 0.29) is 11.4 Å². The van der Waals surface area contributed by atoms with Gasteiger partial charge < -0.3 is 4.74 Å². The topological polar surface area (TPSA) is 26.3 Å². The van der Waals surface area contributed by atoms with Crippen molar-refractivity contribution >= 4 is 5.97 Å². The fourth-order valence-electron chi connectivity index (χ4n) is 5.56. The van der Waals surface area contributed by atoms with Gasteiger partial charge in [0, 0.05) is 6.42 Å². The molecule has 0 aromatic rings. The third kappa shape index (κ3) is 18.9. The van der Waals surface area contributed by atoms with Gasteiger partial charge in [-0.3, -0.25) is 4.79 Å². The van der Waals surface area contributed by atoms with Crippen molar-refractivity contribution in [3.05, 3.63) is 70.4 Å². The summed E-state index contributed by atoms with van der Waals surface area (Å²) in [6.45, 7) is 15.9. The van der Waals surface area contributed by atoms with E-state index in [1.54, 1.807) is 0 Å². The summed E-state index contributed by atoms with van der Waals surface area (Å²) >= 11 is 0. The Morgan fingerprint density at radius 3 is 1.93 bits per heavy atom. The van der Waals surface area contributed by atoms with Crippen molar-refractivity contribution in [2.24, 2.45) is 5.41 Å². The number of ether oxygens (including phenoxy) is 1. The highest BCUT2D eigenvalue weighted by molar-refractivity contribution is 5.69. The van der Waals surface area contributed by atoms with Crippen molar-refractivity contribution in [1.29, 1.82) is 0 Å². The molecule has 41 heavy (non-hydrogen) atoms. The highest BCUT2D eigenvalue weighted by Crippen LogP contribution is 2.40. The lowest BCUT2D eigenvalue weighted by Gasteiger charge is -2.32. The molecular formula is C39H64O2. The van der Waals surface area contributed by atoms with Gasteiger partial charge in [0.1, 0.15) is 6.61 Å². The summed E-state index contributed by atoms with van der Waals surface area (Å²) in [6.07, 6.45) is 36.5. The van der Waals surface area contributed by atoms with E-state index in [2.05, 4.69) is 84.1 Å². The second kappa shape index (κ2) is 22.5. The molecular weight excluding hydrogens is 500 g/mol. The molecule has 0 N–H and O–H groups in total. The average molecular weight is 565 g/mol. The lowest BCUT2D eigenvalue weighted by atomic mass is 9.72. The van der Waals surface area contributed by atoms with Crippen LogP contribution in [0, 0.1) is 5.41 Å². The molecule has 232 valence electrons. The van der Waals surface area contributed by atoms with E-state index >= 15 is 0 Å². The SMILES string of the molecule is CCCCCCCCCCCCCCCC(=O)OC/C(C)=C/C=C(C)/C=C/C=C(C)/C=C/C1=C(C)CCCC1(C)C. The molecule has 0 atom stereocenters. The zero-order chi connectivity index (χ0) is 30.3. The Kier molecular flexibility index (Phi) is 20.3. The molecule has 0 bridgehead atoms. The van der Waals surface area contributed by atoms with Gasteiger partial charge in [-0.05, 0) is 69.9 Å². The molecule has 0 radical (unpaired) electrons. The van der Waals surface area contributed by atoms with Crippen LogP contribution >= 0.6 is 0 Å². The molecule has 0 saturated carbocycles. The second-order valence-electron chi connectivity index (χ2n) is 13.1. The monoisotopic (exact) mass is 564 g/mol. The molecule has 1 aliphatic rings. The fourth-order valence-corrected chi connectivity index (χ4v) is 5.56. The lowest BCUT2D eigenvalue weighted by molar-refractivity contribution is -0.142. The molecule has 0 unspecified atom stereocenters. The van der Waals surface area contributed by atoms with Crippen LogP contribution in [0.4, 0.5) is 0 Å². The quantitative estimate of drug-likeness (QED) is 0.0787. The molecule has 1 aliphatic carbocycles. The molecule has 0 spiro atoms. The summed E-state index contributed by atoms with van der Waals surface area (Å²) < 4.78 is 5.48. The number of allylic oxidation sites excluding steroid dienone is 11. The third-order valence-corrected chi connectivity index (χ3v) is 8.35. The van der Waals surface area contributed by atoms with Gasteiger partial charge in [-0.2, -0.15) is 0 Å². The van der Waals surface area contributed by atoms with Gasteiger partial charge in [0.2, 0.25) is 0 Å². The van der Waals surface area contributed by atoms with Gasteiger partial charge in [-0.25, -0.2) is 0 Å². The zero-order valence-electron chi connectivity index (χ0n) is 28.1. The Balaban J connectivity index is 2.21. The van der Waals surface area contributed by atoms with E-state index in [1.807, 2.05) is 6.92 Å². The molecule has 0 heterocycles. The van der Waals surface area contributed by atoms with Gasteiger partial charge in [0.05, 0.1) is 0 Å². The second-order valence-corrected chi connectivity index (χ2v) is 13.1. The number of hydrogen-bond donors (Lipinski definition) is 0. The van der Waals surface area contributed by atoms with Crippen LogP contribution < -0.4 is 0 Å². The molecule has 0 fully saturated rings. The molecule has 0 saturated heterocycles. The number of rotatable bonds is 21. The standard InChI is InChI=1S/C39H64O2/c1-8-9-10-11-12-13-14-15-16-17-18-19-20-26-38(40)41-32-35(4)28-27-33(2)23-21-24-34(3)29-30-37-36(5)25-22-31-39(37,6)7/h21,23-24,27-30H,8-20,22,25-26,31-32H2,1-7H3/b23-21+,30-29+,33-27+,34-24+,35-28+. The van der Waals surface area contributed by atoms with Crippen molar-refractivity contribution in [2.45, 2.75) is 158 Å². The van der Waals surface area contributed by atoms with Crippen LogP contribution in [0.1, 0.15) is 158 Å². The Morgan fingerprint density at radius 1 is 0.780 bits per heavy atom. The van der Waals surface area contributed by atoms with E-state index < -0.39 is 0 Å². The number of esters is 1. The van der Waals surface area contributed by atoms with Crippen LogP contribution in [-0.2, 0) is 9.53 Å². The minimum atomic E-state index is -0.0716. The minimum absolute atomic E-state index is 0.0716. The summed E-state index contributed by atoms with van der Waals surface area (Å²) in [5.74, 6) is -0.0716. The summed E-state index contributed by atoms with van der Waals surface area (Å²) in [6, 6.07) is 0. The van der Waals surface area contributed by atoms with Gasteiger partial charge in [-0.1, -0.05) is 157 Å². The van der Waals surface area contributed by atoms with Gasteiger partial charge >= 0.3 is 5.97 Å². The zero-order valence-corrected chi connectivity index (χ0v) is 28.1. The van der Waals surface area contributed by atoms with Crippen LogP contribution in [-0.4, -0.2) is 12.6 Å². The first-order chi connectivity index (χ1) is 19.7. The molecule has 0 amide bonds. The predicted octanol–water partition coefficient (Wildman–Crippen LogP) is 12.5. The summed E-state index contributed by atoms with van der Waals surface area (Å²) in [5, 5.41) is 0. The van der Waals surface area contributed by atoms with Gasteiger partial charge in [0.25, 0.3) is 0 Å². The molecule has 1 rings (SSSR count). The smallest absolute Gasteiger partial charge is 0.306 e. The van der Waals surface area contributed by atoms with Crippen molar-refractivity contribution in [2.75, 3.05) is 6.61 Å². The largest absolute Gasteiger partial charge is 0.461 e. The molecule has 2 nitrogen and oxygen atoms in total. The maximum absolute atomic E-state index is 12.1. The predicted molar refractivity (Wildman–Crippen MR) is 181 cm³/mol. The maximum Gasteiger partial charge on any atom is 0.306 e. The van der Waals surface area contributed by atoms with Crippen molar-refractivity contribution < 1.29 is 9.53 Å². The molecule has 0 aliphatic heterocycles. The van der Waals surface area contributed by atoms with E-state index in [9.17, 15) is 4.79 Å². The van der Waals surface area contributed by atoms with E-state index in [4.69, 9.17) is 4.74 Å². The first-order valence-corrected chi connectivity index (χ1v) is 16.9. The van der Waals surface area contributed by atoms with Crippen LogP contribution in [0.3, 0.4) is 0 Å². The maximum atomic E-state index is 12.1. The van der Waals surface area contributed by atoms with E-state index in [0.717, 1.165) is 18.4 Å². The lowest BCUT2D eigenvalue weighted by Crippen LogP contribution is -2.19. The van der Waals surface area contributed by atoms with Crippen LogP contribution in [0.15, 0.2) is 70.4 Å². The molecule has 0 aromatic heterocycles. The van der Waals surface area contributed by atoms with E-state index in [0.29, 0.717) is 13.0 Å². The molecule has 2 heteroatoms. The van der Waals surface area contributed by atoms with Crippen molar-refractivity contribution in [3.8, 4) is 0 Å². The Morgan fingerprint density at radius 2 is 1.34 bits per heavy atom. The number of carbonyl (C=O) groups is 1. The van der Waals surface area contributed by atoms with Crippen LogP contribution in [0.25, 0.3) is 0 Å².